The van der Waals surface area contributed by atoms with Crippen LogP contribution < -0.4 is 10.5 Å². The summed E-state index contributed by atoms with van der Waals surface area (Å²) in [7, 11) is 0. The van der Waals surface area contributed by atoms with Crippen molar-refractivity contribution in [2.45, 2.75) is 19.8 Å². The molecule has 7 heteroatoms. The Morgan fingerprint density at radius 1 is 1.00 bits per heavy atom. The zero-order chi connectivity index (χ0) is 23.2. The summed E-state index contributed by atoms with van der Waals surface area (Å²) in [6.45, 7) is 5.70. The molecule has 1 fully saturated rings. The molecule has 172 valence electrons. The fourth-order valence-electron chi connectivity index (χ4n) is 4.08. The molecular weight excluding hydrogens is 418 g/mol. The van der Waals surface area contributed by atoms with Crippen molar-refractivity contribution in [1.29, 1.82) is 0 Å². The van der Waals surface area contributed by atoms with Crippen molar-refractivity contribution >= 4 is 12.0 Å². The second-order valence-corrected chi connectivity index (χ2v) is 8.28. The molecule has 2 heterocycles. The van der Waals surface area contributed by atoms with Crippen LogP contribution in [0, 0.1) is 6.92 Å². The molecule has 1 aliphatic rings. The Bertz CT molecular complexity index is 1100. The van der Waals surface area contributed by atoms with Gasteiger partial charge in [-0.3, -0.25) is 9.69 Å². The molecule has 0 spiro atoms. The van der Waals surface area contributed by atoms with Crippen LogP contribution >= 0.6 is 0 Å². The van der Waals surface area contributed by atoms with E-state index in [1.165, 1.54) is 5.56 Å². The SMILES string of the molecule is Cc1cc(C(N)=O)c(-c2cccc(OC(=O)N3CCN(CCCc4ccccc4)CC3)c2)o1. The molecule has 0 atom stereocenters. The van der Waals surface area contributed by atoms with E-state index in [0.717, 1.165) is 32.5 Å². The monoisotopic (exact) mass is 447 g/mol. The Balaban J connectivity index is 1.29. The number of benzene rings is 2. The van der Waals surface area contributed by atoms with Gasteiger partial charge in [0, 0.05) is 31.7 Å². The number of carbonyl (C=O) groups is 2. The minimum atomic E-state index is -0.564. The molecule has 1 aliphatic heterocycles. The lowest BCUT2D eigenvalue weighted by Gasteiger charge is -2.34. The first-order valence-electron chi connectivity index (χ1n) is 11.2. The number of ether oxygens (including phenoxy) is 1. The number of rotatable bonds is 7. The summed E-state index contributed by atoms with van der Waals surface area (Å²) in [5.41, 5.74) is 7.75. The van der Waals surface area contributed by atoms with Gasteiger partial charge in [0.15, 0.2) is 0 Å². The van der Waals surface area contributed by atoms with Crippen molar-refractivity contribution in [2.75, 3.05) is 32.7 Å². The number of primary amides is 1. The van der Waals surface area contributed by atoms with Crippen molar-refractivity contribution in [2.24, 2.45) is 5.73 Å². The van der Waals surface area contributed by atoms with E-state index in [-0.39, 0.29) is 6.09 Å². The zero-order valence-electron chi connectivity index (χ0n) is 18.8. The number of hydrogen-bond donors (Lipinski definition) is 1. The highest BCUT2D eigenvalue weighted by Gasteiger charge is 2.23. The van der Waals surface area contributed by atoms with E-state index in [4.69, 9.17) is 14.9 Å². The normalized spacial score (nSPS) is 14.3. The van der Waals surface area contributed by atoms with Crippen molar-refractivity contribution < 1.29 is 18.7 Å². The maximum atomic E-state index is 12.7. The molecule has 0 unspecified atom stereocenters. The van der Waals surface area contributed by atoms with Gasteiger partial charge in [-0.05, 0) is 50.1 Å². The van der Waals surface area contributed by atoms with Crippen LogP contribution in [0.2, 0.25) is 0 Å². The first-order chi connectivity index (χ1) is 16.0. The highest BCUT2D eigenvalue weighted by Crippen LogP contribution is 2.29. The van der Waals surface area contributed by atoms with Gasteiger partial charge in [0.05, 0.1) is 5.56 Å². The fraction of sp³-hybridized carbons (Fsp3) is 0.308. The third-order valence-corrected chi connectivity index (χ3v) is 5.84. The summed E-state index contributed by atoms with van der Waals surface area (Å²) < 4.78 is 11.3. The summed E-state index contributed by atoms with van der Waals surface area (Å²) >= 11 is 0. The predicted molar refractivity (Wildman–Crippen MR) is 126 cm³/mol. The van der Waals surface area contributed by atoms with Crippen molar-refractivity contribution in [3.8, 4) is 17.1 Å². The number of piperazine rings is 1. The molecule has 2 aromatic carbocycles. The third kappa shape index (κ3) is 5.81. The molecule has 0 saturated carbocycles. The Morgan fingerprint density at radius 3 is 2.48 bits per heavy atom. The van der Waals surface area contributed by atoms with Gasteiger partial charge < -0.3 is 19.8 Å². The lowest BCUT2D eigenvalue weighted by Crippen LogP contribution is -2.49. The van der Waals surface area contributed by atoms with Gasteiger partial charge in [0.2, 0.25) is 0 Å². The minimum absolute atomic E-state index is 0.305. The molecule has 4 rings (SSSR count). The largest absolute Gasteiger partial charge is 0.461 e. The summed E-state index contributed by atoms with van der Waals surface area (Å²) in [6, 6.07) is 19.0. The molecule has 0 bridgehead atoms. The maximum absolute atomic E-state index is 12.7. The molecule has 7 nitrogen and oxygen atoms in total. The van der Waals surface area contributed by atoms with E-state index in [2.05, 4.69) is 29.2 Å². The number of furan rings is 1. The summed E-state index contributed by atoms with van der Waals surface area (Å²) in [6.07, 6.45) is 1.79. The Morgan fingerprint density at radius 2 is 1.76 bits per heavy atom. The van der Waals surface area contributed by atoms with Crippen LogP contribution in [-0.4, -0.2) is 54.5 Å². The summed E-state index contributed by atoms with van der Waals surface area (Å²) in [5.74, 6) is 0.794. The summed E-state index contributed by atoms with van der Waals surface area (Å²) in [4.78, 5) is 28.5. The molecule has 0 aliphatic carbocycles. The number of carbonyl (C=O) groups excluding carboxylic acids is 2. The van der Waals surface area contributed by atoms with E-state index >= 15 is 0 Å². The molecule has 33 heavy (non-hydrogen) atoms. The number of nitrogens with two attached hydrogens (primary N) is 1. The standard InChI is InChI=1S/C26H29N3O4/c1-19-17-23(25(27)30)24(32-19)21-10-5-11-22(18-21)33-26(31)29-15-13-28(14-16-29)12-6-9-20-7-3-2-4-8-20/h2-5,7-8,10-11,17-18H,6,9,12-16H2,1H3,(H2,27,30). The van der Waals surface area contributed by atoms with E-state index in [1.807, 2.05) is 6.07 Å². The van der Waals surface area contributed by atoms with Gasteiger partial charge in [-0.15, -0.1) is 0 Å². The van der Waals surface area contributed by atoms with E-state index in [1.54, 1.807) is 42.2 Å². The number of amides is 2. The maximum Gasteiger partial charge on any atom is 0.415 e. The van der Waals surface area contributed by atoms with E-state index in [9.17, 15) is 9.59 Å². The number of aryl methyl sites for hydroxylation is 2. The van der Waals surface area contributed by atoms with Crippen LogP contribution in [0.3, 0.4) is 0 Å². The quantitative estimate of drug-likeness (QED) is 0.589. The van der Waals surface area contributed by atoms with Crippen LogP contribution in [0.1, 0.15) is 28.1 Å². The van der Waals surface area contributed by atoms with Crippen LogP contribution in [0.25, 0.3) is 11.3 Å². The van der Waals surface area contributed by atoms with Gasteiger partial charge >= 0.3 is 6.09 Å². The van der Waals surface area contributed by atoms with E-state index in [0.29, 0.717) is 41.5 Å². The smallest absolute Gasteiger partial charge is 0.415 e. The Kier molecular flexibility index (Phi) is 7.10. The number of nitrogens with zero attached hydrogens (tertiary/aromatic N) is 2. The first kappa shape index (κ1) is 22.6. The molecule has 1 saturated heterocycles. The molecule has 2 amide bonds. The Labute approximate surface area is 193 Å². The Hall–Kier alpha value is -3.58. The molecule has 1 aromatic heterocycles. The van der Waals surface area contributed by atoms with Crippen molar-refractivity contribution in [3.05, 3.63) is 77.6 Å². The average Bonchev–Trinajstić information content (AvgIpc) is 3.22. The van der Waals surface area contributed by atoms with Gasteiger partial charge in [-0.25, -0.2) is 4.79 Å². The molecular formula is C26H29N3O4. The average molecular weight is 448 g/mol. The molecule has 0 radical (unpaired) electrons. The predicted octanol–water partition coefficient (Wildman–Crippen LogP) is 4.10. The van der Waals surface area contributed by atoms with Crippen LogP contribution in [-0.2, 0) is 6.42 Å². The second kappa shape index (κ2) is 10.4. The fourth-order valence-corrected chi connectivity index (χ4v) is 4.08. The van der Waals surface area contributed by atoms with Crippen molar-refractivity contribution in [3.63, 3.8) is 0 Å². The molecule has 2 N–H and O–H groups in total. The van der Waals surface area contributed by atoms with Crippen molar-refractivity contribution in [1.82, 2.24) is 9.80 Å². The first-order valence-corrected chi connectivity index (χ1v) is 11.2. The lowest BCUT2D eigenvalue weighted by atomic mass is 10.1. The summed E-state index contributed by atoms with van der Waals surface area (Å²) in [5, 5.41) is 0. The number of hydrogen-bond acceptors (Lipinski definition) is 5. The van der Waals surface area contributed by atoms with Gasteiger partial charge in [-0.1, -0.05) is 42.5 Å². The van der Waals surface area contributed by atoms with Crippen LogP contribution in [0.4, 0.5) is 4.79 Å². The second-order valence-electron chi connectivity index (χ2n) is 8.28. The van der Waals surface area contributed by atoms with Gasteiger partial charge in [0.25, 0.3) is 5.91 Å². The minimum Gasteiger partial charge on any atom is -0.461 e. The van der Waals surface area contributed by atoms with E-state index < -0.39 is 5.91 Å². The van der Waals surface area contributed by atoms with Crippen LogP contribution in [0.5, 0.6) is 5.75 Å². The third-order valence-electron chi connectivity index (χ3n) is 5.84. The van der Waals surface area contributed by atoms with Gasteiger partial charge in [0.1, 0.15) is 17.3 Å². The lowest BCUT2D eigenvalue weighted by molar-refractivity contribution is 0.1000. The highest BCUT2D eigenvalue weighted by molar-refractivity contribution is 5.98. The topological polar surface area (TPSA) is 89.0 Å². The highest BCUT2D eigenvalue weighted by atomic mass is 16.6. The molecule has 3 aromatic rings. The zero-order valence-corrected chi connectivity index (χ0v) is 18.8. The van der Waals surface area contributed by atoms with Crippen LogP contribution in [0.15, 0.2) is 65.1 Å². The van der Waals surface area contributed by atoms with Gasteiger partial charge in [-0.2, -0.15) is 0 Å².